The number of carbonyl (C=O) groups is 3. The molecular formula is C32H37NO10. The van der Waals surface area contributed by atoms with Gasteiger partial charge in [0.1, 0.15) is 17.8 Å². The van der Waals surface area contributed by atoms with Crippen LogP contribution < -0.4 is 15.2 Å². The summed E-state index contributed by atoms with van der Waals surface area (Å²) < 4.78 is 11.0. The van der Waals surface area contributed by atoms with E-state index in [-0.39, 0.29) is 18.1 Å². The van der Waals surface area contributed by atoms with E-state index in [4.69, 9.17) is 15.2 Å². The fourth-order valence-electron chi connectivity index (χ4n) is 9.14. The second kappa shape index (κ2) is 9.25. The largest absolute Gasteiger partial charge is 0.507 e. The number of aliphatic hydroxyl groups excluding tert-OH is 3. The molecule has 0 spiro atoms. The van der Waals surface area contributed by atoms with Crippen molar-refractivity contribution in [1.82, 2.24) is 0 Å². The lowest BCUT2D eigenvalue weighted by molar-refractivity contribution is -0.306. The van der Waals surface area contributed by atoms with E-state index in [9.17, 15) is 39.9 Å². The first-order chi connectivity index (χ1) is 20.1. The maximum atomic E-state index is 14.4. The molecule has 2 aromatic carbocycles. The molecule has 2 saturated carbocycles. The van der Waals surface area contributed by atoms with Crippen LogP contribution in [0.1, 0.15) is 56.5 Å². The predicted octanol–water partition coefficient (Wildman–Crippen LogP) is 1.50. The van der Waals surface area contributed by atoms with Crippen LogP contribution >= 0.6 is 0 Å². The van der Waals surface area contributed by atoms with E-state index in [1.807, 2.05) is 0 Å². The number of nitrogens with two attached hydrogens (primary N) is 1. The molecule has 0 radical (unpaired) electrons. The first-order valence-electron chi connectivity index (χ1n) is 14.5. The third-order valence-electron chi connectivity index (χ3n) is 11.3. The number of benzene rings is 2. The third kappa shape index (κ3) is 3.36. The second-order valence-electron chi connectivity index (χ2n) is 13.3. The molecule has 1 heterocycles. The number of primary amides is 1. The summed E-state index contributed by atoms with van der Waals surface area (Å²) in [5.41, 5.74) is 0.802. The van der Waals surface area contributed by atoms with Gasteiger partial charge < -0.3 is 40.7 Å². The molecule has 0 aromatic heterocycles. The number of phenolic OH excluding ortho intramolecular Hbond substituents is 1. The van der Waals surface area contributed by atoms with Gasteiger partial charge in [-0.1, -0.05) is 46.8 Å². The minimum absolute atomic E-state index is 0.0604. The average molecular weight is 596 g/mol. The molecule has 2 aromatic rings. The Morgan fingerprint density at radius 2 is 1.70 bits per heavy atom. The normalized spacial score (nSPS) is 39.7. The van der Waals surface area contributed by atoms with Gasteiger partial charge in [0.15, 0.2) is 28.7 Å². The van der Waals surface area contributed by atoms with Crippen LogP contribution in [0.5, 0.6) is 17.2 Å². The van der Waals surface area contributed by atoms with Gasteiger partial charge in [-0.2, -0.15) is 0 Å². The van der Waals surface area contributed by atoms with Crippen LogP contribution in [0.4, 0.5) is 0 Å². The summed E-state index contributed by atoms with van der Waals surface area (Å²) in [6.07, 6.45) is -5.42. The highest BCUT2D eigenvalue weighted by Crippen LogP contribution is 2.68. The first kappa shape index (κ1) is 29.6. The van der Waals surface area contributed by atoms with Crippen molar-refractivity contribution < 1.29 is 49.4 Å². The lowest BCUT2D eigenvalue weighted by Gasteiger charge is -2.69. The molecule has 0 saturated heterocycles. The van der Waals surface area contributed by atoms with E-state index >= 15 is 0 Å². The Hall–Kier alpha value is -3.51. The van der Waals surface area contributed by atoms with Gasteiger partial charge in [-0.25, -0.2) is 0 Å². The number of Topliss-reactive ketones (excluding diaryl/α,β-unsaturated/α-hetero) is 2. The zero-order valence-corrected chi connectivity index (χ0v) is 24.6. The van der Waals surface area contributed by atoms with E-state index in [1.54, 1.807) is 52.0 Å². The van der Waals surface area contributed by atoms with Gasteiger partial charge in [0.05, 0.1) is 23.7 Å². The summed E-state index contributed by atoms with van der Waals surface area (Å²) >= 11 is 0. The number of phenols is 1. The molecule has 6 rings (SSSR count). The number of rotatable bonds is 3. The number of hydrogen-bond acceptors (Lipinski definition) is 10. The van der Waals surface area contributed by atoms with Gasteiger partial charge in [0.25, 0.3) is 0 Å². The molecule has 2 fully saturated rings. The summed E-state index contributed by atoms with van der Waals surface area (Å²) in [7, 11) is 0. The molecule has 230 valence electrons. The van der Waals surface area contributed by atoms with Gasteiger partial charge in [-0.05, 0) is 52.6 Å². The minimum atomic E-state index is -2.83. The SMILES string of the molecule is CC(C)[C@H]1C(O)C(C(N)=O)C(=O)[C@]2(O)C(O)C3C(=O)c4c(O)ccc(-c5ccc6c(c5)OCO6)c4[C@@H](C)[C@]3(C)[C@@H](O)[C@]12C. The van der Waals surface area contributed by atoms with Crippen molar-refractivity contribution in [3.8, 4) is 28.4 Å². The van der Waals surface area contributed by atoms with Crippen molar-refractivity contribution in [2.45, 2.75) is 64.4 Å². The van der Waals surface area contributed by atoms with Crippen molar-refractivity contribution in [2.24, 2.45) is 40.2 Å². The Kier molecular flexibility index (Phi) is 6.36. The summed E-state index contributed by atoms with van der Waals surface area (Å²) in [5, 5.41) is 59.2. The van der Waals surface area contributed by atoms with Gasteiger partial charge in [0, 0.05) is 10.8 Å². The maximum Gasteiger partial charge on any atom is 0.231 e. The molecule has 10 atom stereocenters. The zero-order valence-electron chi connectivity index (χ0n) is 24.6. The number of carbonyl (C=O) groups excluding carboxylic acids is 3. The number of aliphatic hydroxyl groups is 4. The lowest BCUT2D eigenvalue weighted by atomic mass is 9.36. The second-order valence-corrected chi connectivity index (χ2v) is 13.3. The van der Waals surface area contributed by atoms with Crippen molar-refractivity contribution in [2.75, 3.05) is 6.79 Å². The number of ether oxygens (including phenoxy) is 2. The zero-order chi connectivity index (χ0) is 31.5. The molecule has 43 heavy (non-hydrogen) atoms. The van der Waals surface area contributed by atoms with Crippen molar-refractivity contribution in [3.63, 3.8) is 0 Å². The fraction of sp³-hybridized carbons (Fsp3) is 0.531. The molecule has 0 bridgehead atoms. The van der Waals surface area contributed by atoms with E-state index < -0.39 is 81.8 Å². The predicted molar refractivity (Wildman–Crippen MR) is 151 cm³/mol. The quantitative estimate of drug-likeness (QED) is 0.283. The highest BCUT2D eigenvalue weighted by molar-refractivity contribution is 6.10. The Morgan fingerprint density at radius 3 is 2.33 bits per heavy atom. The Bertz CT molecular complexity index is 1570. The lowest BCUT2D eigenvalue weighted by Crippen LogP contribution is -2.83. The van der Waals surface area contributed by atoms with E-state index in [1.165, 1.54) is 13.0 Å². The first-order valence-corrected chi connectivity index (χ1v) is 14.5. The number of hydrogen-bond donors (Lipinski definition) is 6. The molecule has 7 N–H and O–H groups in total. The number of ketones is 2. The smallest absolute Gasteiger partial charge is 0.231 e. The van der Waals surface area contributed by atoms with Gasteiger partial charge >= 0.3 is 0 Å². The minimum Gasteiger partial charge on any atom is -0.507 e. The Labute approximate surface area is 248 Å². The highest BCUT2D eigenvalue weighted by atomic mass is 16.7. The van der Waals surface area contributed by atoms with E-state index in [0.29, 0.717) is 28.2 Å². The molecule has 4 unspecified atom stereocenters. The molecule has 1 amide bonds. The van der Waals surface area contributed by atoms with Crippen molar-refractivity contribution in [1.29, 1.82) is 0 Å². The number of fused-ring (bicyclic) bond motifs is 4. The Morgan fingerprint density at radius 1 is 1.05 bits per heavy atom. The summed E-state index contributed by atoms with van der Waals surface area (Å²) in [4.78, 5) is 40.8. The van der Waals surface area contributed by atoms with Crippen LogP contribution in [0.15, 0.2) is 30.3 Å². The third-order valence-corrected chi connectivity index (χ3v) is 11.3. The van der Waals surface area contributed by atoms with Crippen LogP contribution in [0.2, 0.25) is 0 Å². The standard InChI is InChI=1S/C32H37NO10/c1-12(2)22-25(36)21(28(33)39)26(37)32(41)27(38)23-24(35)20-16(34)8-7-15(14-6-9-17-18(10-14)43-11-42-17)19(20)13(3)30(23,4)29(40)31(22,32)5/h6-10,12-13,21-23,25,27,29,34,36,38,40-41H,11H2,1-5H3,(H2,33,39)/t13-,21?,22+,23?,25?,27?,29-,30+,31+,32+/m1/s1. The van der Waals surface area contributed by atoms with Crippen LogP contribution in [0.3, 0.4) is 0 Å². The van der Waals surface area contributed by atoms with Gasteiger partial charge in [-0.3, -0.25) is 14.4 Å². The van der Waals surface area contributed by atoms with Crippen molar-refractivity contribution >= 4 is 17.5 Å². The van der Waals surface area contributed by atoms with E-state index in [0.717, 1.165) is 0 Å². The molecule has 3 aliphatic carbocycles. The number of aromatic hydroxyl groups is 1. The van der Waals surface area contributed by atoms with Crippen LogP contribution in [0, 0.1) is 34.5 Å². The maximum absolute atomic E-state index is 14.4. The van der Waals surface area contributed by atoms with Crippen LogP contribution in [0.25, 0.3) is 11.1 Å². The fourth-order valence-corrected chi connectivity index (χ4v) is 9.14. The topological polar surface area (TPSA) is 197 Å². The molecular weight excluding hydrogens is 558 g/mol. The molecule has 1 aliphatic heterocycles. The summed E-state index contributed by atoms with van der Waals surface area (Å²) in [5.74, 6) is -8.27. The summed E-state index contributed by atoms with van der Waals surface area (Å²) in [6.45, 7) is 8.27. The Balaban J connectivity index is 1.61. The number of amides is 1. The van der Waals surface area contributed by atoms with Gasteiger partial charge in [0.2, 0.25) is 12.7 Å². The molecule has 11 heteroatoms. The van der Waals surface area contributed by atoms with Crippen LogP contribution in [-0.4, -0.2) is 73.7 Å². The summed E-state index contributed by atoms with van der Waals surface area (Å²) in [6, 6.07) is 8.28. The highest BCUT2D eigenvalue weighted by Gasteiger charge is 2.80. The van der Waals surface area contributed by atoms with Gasteiger partial charge in [-0.15, -0.1) is 0 Å². The van der Waals surface area contributed by atoms with Crippen LogP contribution in [-0.2, 0) is 9.59 Å². The molecule has 11 nitrogen and oxygen atoms in total. The van der Waals surface area contributed by atoms with Crippen molar-refractivity contribution in [3.05, 3.63) is 41.5 Å². The average Bonchev–Trinajstić information content (AvgIpc) is 3.41. The van der Waals surface area contributed by atoms with E-state index in [2.05, 4.69) is 0 Å². The monoisotopic (exact) mass is 595 g/mol. The molecule has 4 aliphatic rings.